The van der Waals surface area contributed by atoms with Crippen molar-refractivity contribution in [3.8, 4) is 0 Å². The van der Waals surface area contributed by atoms with Gasteiger partial charge in [0.1, 0.15) is 5.82 Å². The minimum atomic E-state index is -5.15. The third kappa shape index (κ3) is 4.19. The molecule has 0 fully saturated rings. The largest absolute Gasteiger partial charge is 0.400 e. The van der Waals surface area contributed by atoms with Crippen LogP contribution in [0.25, 0.3) is 6.08 Å². The fraction of sp³-hybridized carbons (Fsp3) is 0. The van der Waals surface area contributed by atoms with Gasteiger partial charge in [0.15, 0.2) is 0 Å². The molecule has 17 heavy (non-hydrogen) atoms. The van der Waals surface area contributed by atoms with E-state index >= 15 is 0 Å². The molecule has 0 spiro atoms. The zero-order chi connectivity index (χ0) is 13.1. The molecule has 0 saturated heterocycles. The predicted octanol–water partition coefficient (Wildman–Crippen LogP) is 1.80. The van der Waals surface area contributed by atoms with Crippen LogP contribution in [-0.2, 0) is 10.4 Å². The minimum absolute atomic E-state index is 0.0267. The molecule has 92 valence electrons. The Morgan fingerprint density at radius 2 is 2.06 bits per heavy atom. The molecule has 0 aliphatic carbocycles. The van der Waals surface area contributed by atoms with Crippen LogP contribution >= 0.6 is 0 Å². The predicted molar refractivity (Wildman–Crippen MR) is 58.7 cm³/mol. The second kappa shape index (κ2) is 4.91. The monoisotopic (exact) mass is 262 g/mol. The smallest absolute Gasteiger partial charge is 0.306 e. The van der Waals surface area contributed by atoms with E-state index in [4.69, 9.17) is 0 Å². The van der Waals surface area contributed by atoms with Gasteiger partial charge < -0.3 is 5.32 Å². The molecule has 1 aromatic rings. The van der Waals surface area contributed by atoms with Crippen molar-refractivity contribution >= 4 is 28.2 Å². The minimum Gasteiger partial charge on any atom is -0.306 e. The van der Waals surface area contributed by atoms with Crippen molar-refractivity contribution in [1.29, 1.82) is 0 Å². The van der Waals surface area contributed by atoms with Crippen LogP contribution in [0.4, 0.5) is 18.8 Å². The van der Waals surface area contributed by atoms with Crippen molar-refractivity contribution in [2.75, 3.05) is 5.32 Å². The summed E-state index contributed by atoms with van der Waals surface area (Å²) in [5, 5.41) is 1.98. The average Bonchev–Trinajstić information content (AvgIpc) is 2.14. The van der Waals surface area contributed by atoms with Gasteiger partial charge in [-0.2, -0.15) is 8.42 Å². The Kier molecular flexibility index (Phi) is 3.79. The van der Waals surface area contributed by atoms with E-state index in [0.717, 1.165) is 16.9 Å². The third-order valence-corrected chi connectivity index (χ3v) is 2.13. The highest BCUT2D eigenvalue weighted by Crippen LogP contribution is 2.18. The van der Waals surface area contributed by atoms with Gasteiger partial charge >= 0.3 is 16.4 Å². The first-order valence-electron chi connectivity index (χ1n) is 4.27. The van der Waals surface area contributed by atoms with E-state index in [9.17, 15) is 21.5 Å². The highest BCUT2D eigenvalue weighted by atomic mass is 32.3. The summed E-state index contributed by atoms with van der Waals surface area (Å²) in [4.78, 5) is 11.0. The zero-order valence-corrected chi connectivity index (χ0v) is 9.22. The molecular formula is C9H8F2N2O3S. The van der Waals surface area contributed by atoms with Crippen LogP contribution in [-0.4, -0.2) is 14.4 Å². The zero-order valence-electron chi connectivity index (χ0n) is 8.41. The van der Waals surface area contributed by atoms with Crippen molar-refractivity contribution in [2.24, 2.45) is 0 Å². The Morgan fingerprint density at radius 1 is 1.41 bits per heavy atom. The number of anilines is 1. The van der Waals surface area contributed by atoms with Crippen LogP contribution in [0.15, 0.2) is 24.8 Å². The van der Waals surface area contributed by atoms with Crippen molar-refractivity contribution in [2.45, 2.75) is 0 Å². The number of halogens is 2. The first kappa shape index (κ1) is 13.1. The van der Waals surface area contributed by atoms with Gasteiger partial charge in [-0.05, 0) is 17.7 Å². The quantitative estimate of drug-likeness (QED) is 0.816. The van der Waals surface area contributed by atoms with E-state index in [0.29, 0.717) is 5.56 Å². The van der Waals surface area contributed by atoms with Crippen LogP contribution in [0, 0.1) is 5.82 Å². The molecule has 0 atom stereocenters. The summed E-state index contributed by atoms with van der Waals surface area (Å²) in [6.07, 6.45) is 1.32. The van der Waals surface area contributed by atoms with Crippen molar-refractivity contribution in [3.63, 3.8) is 0 Å². The molecule has 1 aromatic carbocycles. The van der Waals surface area contributed by atoms with Crippen LogP contribution < -0.4 is 10.0 Å². The van der Waals surface area contributed by atoms with Gasteiger partial charge in [-0.25, -0.2) is 13.9 Å². The number of carbonyl (C=O) groups is 1. The van der Waals surface area contributed by atoms with Crippen LogP contribution in [0.3, 0.4) is 0 Å². The summed E-state index contributed by atoms with van der Waals surface area (Å²) in [5.74, 6) is -0.644. The van der Waals surface area contributed by atoms with E-state index in [1.807, 2.05) is 5.32 Å². The van der Waals surface area contributed by atoms with Gasteiger partial charge in [-0.15, -0.1) is 0 Å². The molecule has 2 amide bonds. The number of rotatable bonds is 3. The number of carbonyl (C=O) groups excluding carboxylic acids is 1. The lowest BCUT2D eigenvalue weighted by atomic mass is 10.2. The number of hydrogen-bond acceptors (Lipinski definition) is 3. The van der Waals surface area contributed by atoms with E-state index < -0.39 is 22.3 Å². The summed E-state index contributed by atoms with van der Waals surface area (Å²) in [5.41, 5.74) is 0.332. The van der Waals surface area contributed by atoms with Crippen molar-refractivity contribution in [1.82, 2.24) is 4.72 Å². The molecule has 0 aromatic heterocycles. The lowest BCUT2D eigenvalue weighted by Gasteiger charge is -2.07. The molecule has 0 aliphatic heterocycles. The van der Waals surface area contributed by atoms with Gasteiger partial charge in [0.25, 0.3) is 0 Å². The molecule has 1 rings (SSSR count). The number of amides is 2. The number of nitrogens with one attached hydrogen (secondary N) is 2. The maximum atomic E-state index is 12.9. The first-order chi connectivity index (χ1) is 7.81. The van der Waals surface area contributed by atoms with Crippen molar-refractivity contribution in [3.05, 3.63) is 36.2 Å². The Balaban J connectivity index is 2.91. The van der Waals surface area contributed by atoms with E-state index in [1.54, 1.807) is 0 Å². The molecule has 0 saturated carbocycles. The summed E-state index contributed by atoms with van der Waals surface area (Å²) >= 11 is 0. The second-order valence-corrected chi connectivity index (χ2v) is 4.01. The van der Waals surface area contributed by atoms with E-state index in [2.05, 4.69) is 6.58 Å². The molecule has 2 N–H and O–H groups in total. The number of hydrogen-bond donors (Lipinski definition) is 2. The Hall–Kier alpha value is -1.96. The fourth-order valence-corrected chi connectivity index (χ4v) is 1.35. The van der Waals surface area contributed by atoms with Gasteiger partial charge in [-0.3, -0.25) is 0 Å². The van der Waals surface area contributed by atoms with Gasteiger partial charge in [0, 0.05) is 0 Å². The molecule has 5 nitrogen and oxygen atoms in total. The van der Waals surface area contributed by atoms with Crippen LogP contribution in [0.1, 0.15) is 5.56 Å². The van der Waals surface area contributed by atoms with E-state index in [-0.39, 0.29) is 5.69 Å². The molecule has 0 unspecified atom stereocenters. The number of urea groups is 1. The molecular weight excluding hydrogens is 254 g/mol. The molecule has 0 bridgehead atoms. The normalized spacial score (nSPS) is 10.7. The maximum absolute atomic E-state index is 12.9. The molecule has 8 heteroatoms. The van der Waals surface area contributed by atoms with Gasteiger partial charge in [0.2, 0.25) is 0 Å². The average molecular weight is 262 g/mol. The lowest BCUT2D eigenvalue weighted by molar-refractivity contribution is 0.256. The summed E-state index contributed by atoms with van der Waals surface area (Å²) in [6.45, 7) is 3.42. The van der Waals surface area contributed by atoms with Crippen molar-refractivity contribution < 1.29 is 21.5 Å². The Labute approximate surface area is 96.5 Å². The SMILES string of the molecule is C=Cc1ccc(F)cc1NC(=O)NS(=O)(=O)F. The summed E-state index contributed by atoms with van der Waals surface area (Å²) in [7, 11) is -5.15. The van der Waals surface area contributed by atoms with Gasteiger partial charge in [-0.1, -0.05) is 22.6 Å². The third-order valence-electron chi connectivity index (χ3n) is 1.70. The molecule has 0 aliphatic rings. The highest BCUT2D eigenvalue weighted by Gasteiger charge is 2.13. The molecule has 0 heterocycles. The maximum Gasteiger partial charge on any atom is 0.400 e. The highest BCUT2D eigenvalue weighted by molar-refractivity contribution is 7.84. The topological polar surface area (TPSA) is 75.3 Å². The summed E-state index contributed by atoms with van der Waals surface area (Å²) in [6, 6.07) is 2.07. The molecule has 0 radical (unpaired) electrons. The number of benzene rings is 1. The summed E-state index contributed by atoms with van der Waals surface area (Å²) < 4.78 is 46.3. The van der Waals surface area contributed by atoms with E-state index in [1.165, 1.54) is 12.1 Å². The Bertz CT molecular complexity index is 557. The van der Waals surface area contributed by atoms with Crippen LogP contribution in [0.2, 0.25) is 0 Å². The van der Waals surface area contributed by atoms with Gasteiger partial charge in [0.05, 0.1) is 5.69 Å². The fourth-order valence-electron chi connectivity index (χ4n) is 1.07. The second-order valence-electron chi connectivity index (χ2n) is 2.93. The Morgan fingerprint density at radius 3 is 2.59 bits per heavy atom. The standard InChI is InChI=1S/C9H8F2N2O3S/c1-2-6-3-4-7(10)5-8(6)12-9(14)13-17(11,15)16/h2-5H,1H2,(H2,12,13,14). The van der Waals surface area contributed by atoms with Crippen LogP contribution in [0.5, 0.6) is 0 Å². The lowest BCUT2D eigenvalue weighted by Crippen LogP contribution is -2.31. The first-order valence-corrected chi connectivity index (χ1v) is 5.65.